The fraction of sp³-hybridized carbons (Fsp3) is 0.133. The Bertz CT molecular complexity index is 677. The van der Waals surface area contributed by atoms with E-state index in [1.165, 1.54) is 24.3 Å². The summed E-state index contributed by atoms with van der Waals surface area (Å²) >= 11 is 4.78. The number of anilines is 2. The Morgan fingerprint density at radius 2 is 1.95 bits per heavy atom. The quantitative estimate of drug-likeness (QED) is 0.826. The molecule has 21 heavy (non-hydrogen) atoms. The second-order valence-corrected chi connectivity index (χ2v) is 4.70. The van der Waals surface area contributed by atoms with E-state index in [4.69, 9.17) is 22.7 Å². The predicted molar refractivity (Wildman–Crippen MR) is 83.1 cm³/mol. The van der Waals surface area contributed by atoms with E-state index in [-0.39, 0.29) is 16.4 Å². The van der Waals surface area contributed by atoms with E-state index < -0.39 is 11.6 Å². The van der Waals surface area contributed by atoms with Crippen LogP contribution < -0.4 is 15.8 Å². The van der Waals surface area contributed by atoms with Crippen LogP contribution in [0.4, 0.5) is 20.2 Å². The third kappa shape index (κ3) is 3.66. The highest BCUT2D eigenvalue weighted by atomic mass is 32.1. The van der Waals surface area contributed by atoms with Gasteiger partial charge in [0.25, 0.3) is 0 Å². The number of hydrogen-bond acceptors (Lipinski definition) is 3. The summed E-state index contributed by atoms with van der Waals surface area (Å²) in [4.78, 5) is 0.118. The fourth-order valence-corrected chi connectivity index (χ4v) is 1.90. The molecule has 0 radical (unpaired) electrons. The van der Waals surface area contributed by atoms with Crippen molar-refractivity contribution in [3.05, 3.63) is 53.6 Å². The van der Waals surface area contributed by atoms with Gasteiger partial charge in [0.15, 0.2) is 11.6 Å². The minimum atomic E-state index is -0.519. The maximum atomic E-state index is 13.9. The van der Waals surface area contributed by atoms with Gasteiger partial charge in [0.05, 0.1) is 12.3 Å². The molecule has 0 unspecified atom stereocenters. The normalized spacial score (nSPS) is 10.2. The van der Waals surface area contributed by atoms with E-state index in [9.17, 15) is 8.78 Å². The van der Waals surface area contributed by atoms with Crippen LogP contribution in [0.1, 0.15) is 12.5 Å². The zero-order valence-corrected chi connectivity index (χ0v) is 12.1. The molecular weight excluding hydrogens is 294 g/mol. The molecule has 0 aliphatic carbocycles. The van der Waals surface area contributed by atoms with Crippen LogP contribution in [0, 0.1) is 11.6 Å². The molecule has 0 fully saturated rings. The van der Waals surface area contributed by atoms with Crippen molar-refractivity contribution in [3.63, 3.8) is 0 Å². The number of nitrogens with two attached hydrogens (primary N) is 1. The molecule has 0 aliphatic heterocycles. The summed E-state index contributed by atoms with van der Waals surface area (Å²) in [5.41, 5.74) is 6.49. The first kappa shape index (κ1) is 15.2. The molecule has 2 aromatic rings. The highest BCUT2D eigenvalue weighted by Gasteiger charge is 2.08. The Morgan fingerprint density at radius 1 is 1.19 bits per heavy atom. The van der Waals surface area contributed by atoms with E-state index in [0.717, 1.165) is 0 Å². The second-order valence-electron chi connectivity index (χ2n) is 4.26. The van der Waals surface area contributed by atoms with Crippen LogP contribution >= 0.6 is 12.2 Å². The molecule has 0 bridgehead atoms. The largest absolute Gasteiger partial charge is 0.491 e. The zero-order chi connectivity index (χ0) is 15.4. The van der Waals surface area contributed by atoms with Gasteiger partial charge in [0.1, 0.15) is 10.8 Å². The van der Waals surface area contributed by atoms with Gasteiger partial charge < -0.3 is 15.8 Å². The number of halogens is 2. The highest BCUT2D eigenvalue weighted by Crippen LogP contribution is 2.25. The fourth-order valence-electron chi connectivity index (χ4n) is 1.78. The molecule has 0 heterocycles. The van der Waals surface area contributed by atoms with E-state index >= 15 is 0 Å². The first-order valence-electron chi connectivity index (χ1n) is 6.30. The minimum absolute atomic E-state index is 0.118. The molecule has 0 aromatic heterocycles. The summed E-state index contributed by atoms with van der Waals surface area (Å²) in [5, 5.41) is 2.79. The van der Waals surface area contributed by atoms with Crippen molar-refractivity contribution in [1.29, 1.82) is 0 Å². The molecule has 0 amide bonds. The third-order valence-corrected chi connectivity index (χ3v) is 3.00. The van der Waals surface area contributed by atoms with Crippen molar-refractivity contribution in [1.82, 2.24) is 0 Å². The van der Waals surface area contributed by atoms with Crippen LogP contribution in [-0.2, 0) is 0 Å². The molecular formula is C15H14F2N2OS. The van der Waals surface area contributed by atoms with Crippen LogP contribution in [-0.4, -0.2) is 11.6 Å². The van der Waals surface area contributed by atoms with Crippen molar-refractivity contribution in [2.75, 3.05) is 11.9 Å². The number of hydrogen-bond donors (Lipinski definition) is 2. The van der Waals surface area contributed by atoms with Crippen LogP contribution in [0.15, 0.2) is 36.4 Å². The molecule has 0 atom stereocenters. The number of rotatable bonds is 5. The standard InChI is InChI=1S/C15H14F2N2OS/c1-2-20-14-6-4-10(8-12(14)17)19-13-5-3-9(15(18)21)7-11(13)16/h3-8,19H,2H2,1H3,(H2,18,21). The predicted octanol–water partition coefficient (Wildman–Crippen LogP) is 3.74. The zero-order valence-electron chi connectivity index (χ0n) is 11.3. The number of ether oxygens (including phenoxy) is 1. The first-order valence-corrected chi connectivity index (χ1v) is 6.70. The van der Waals surface area contributed by atoms with Gasteiger partial charge in [-0.25, -0.2) is 8.78 Å². The summed E-state index contributed by atoms with van der Waals surface area (Å²) in [5.74, 6) is -0.871. The summed E-state index contributed by atoms with van der Waals surface area (Å²) in [6, 6.07) is 8.66. The number of thiocarbonyl (C=S) groups is 1. The summed E-state index contributed by atoms with van der Waals surface area (Å²) < 4.78 is 32.7. The van der Waals surface area contributed by atoms with Gasteiger partial charge in [-0.3, -0.25) is 0 Å². The van der Waals surface area contributed by atoms with Gasteiger partial charge in [0, 0.05) is 17.3 Å². The first-order chi connectivity index (χ1) is 10.0. The maximum Gasteiger partial charge on any atom is 0.167 e. The van der Waals surface area contributed by atoms with Gasteiger partial charge in [-0.05, 0) is 37.3 Å². The van der Waals surface area contributed by atoms with Crippen LogP contribution in [0.5, 0.6) is 5.75 Å². The molecule has 0 spiro atoms. The molecule has 0 saturated heterocycles. The Balaban J connectivity index is 2.22. The Hall–Kier alpha value is -2.21. The van der Waals surface area contributed by atoms with E-state index in [1.54, 1.807) is 19.1 Å². The highest BCUT2D eigenvalue weighted by molar-refractivity contribution is 7.80. The van der Waals surface area contributed by atoms with Crippen LogP contribution in [0.25, 0.3) is 0 Å². The molecule has 3 N–H and O–H groups in total. The van der Waals surface area contributed by atoms with Gasteiger partial charge in [-0.1, -0.05) is 12.2 Å². The van der Waals surface area contributed by atoms with Crippen molar-refractivity contribution in [2.24, 2.45) is 5.73 Å². The smallest absolute Gasteiger partial charge is 0.167 e. The van der Waals surface area contributed by atoms with Crippen molar-refractivity contribution in [2.45, 2.75) is 6.92 Å². The van der Waals surface area contributed by atoms with E-state index in [0.29, 0.717) is 17.9 Å². The van der Waals surface area contributed by atoms with Gasteiger partial charge in [-0.15, -0.1) is 0 Å². The third-order valence-electron chi connectivity index (χ3n) is 2.76. The summed E-state index contributed by atoms with van der Waals surface area (Å²) in [6.07, 6.45) is 0. The van der Waals surface area contributed by atoms with Gasteiger partial charge in [-0.2, -0.15) is 0 Å². The lowest BCUT2D eigenvalue weighted by molar-refractivity contribution is 0.321. The van der Waals surface area contributed by atoms with Gasteiger partial charge >= 0.3 is 0 Å². The van der Waals surface area contributed by atoms with Crippen LogP contribution in [0.2, 0.25) is 0 Å². The lowest BCUT2D eigenvalue weighted by Crippen LogP contribution is -2.09. The molecule has 2 aromatic carbocycles. The molecule has 110 valence electrons. The van der Waals surface area contributed by atoms with E-state index in [2.05, 4.69) is 5.32 Å². The minimum Gasteiger partial charge on any atom is -0.491 e. The number of benzene rings is 2. The lowest BCUT2D eigenvalue weighted by atomic mass is 10.2. The SMILES string of the molecule is CCOc1ccc(Nc2ccc(C(N)=S)cc2F)cc1F. The van der Waals surface area contributed by atoms with Crippen LogP contribution in [0.3, 0.4) is 0 Å². The maximum absolute atomic E-state index is 13.9. The van der Waals surface area contributed by atoms with Gasteiger partial charge in [0.2, 0.25) is 0 Å². The Morgan fingerprint density at radius 3 is 2.52 bits per heavy atom. The molecule has 3 nitrogen and oxygen atoms in total. The monoisotopic (exact) mass is 308 g/mol. The average Bonchev–Trinajstić information content (AvgIpc) is 2.44. The topological polar surface area (TPSA) is 47.3 Å². The molecule has 2 rings (SSSR count). The summed E-state index contributed by atoms with van der Waals surface area (Å²) in [7, 11) is 0. The second kappa shape index (κ2) is 6.49. The molecule has 6 heteroatoms. The van der Waals surface area contributed by atoms with E-state index in [1.807, 2.05) is 0 Å². The summed E-state index contributed by atoms with van der Waals surface area (Å²) in [6.45, 7) is 2.14. The average molecular weight is 308 g/mol. The lowest BCUT2D eigenvalue weighted by Gasteiger charge is -2.10. The molecule has 0 saturated carbocycles. The van der Waals surface area contributed by atoms with Crippen molar-refractivity contribution in [3.8, 4) is 5.75 Å². The number of nitrogens with one attached hydrogen (secondary N) is 1. The van der Waals surface area contributed by atoms with Crippen molar-refractivity contribution < 1.29 is 13.5 Å². The Labute approximate surface area is 126 Å². The van der Waals surface area contributed by atoms with Crippen molar-refractivity contribution >= 4 is 28.6 Å². The molecule has 0 aliphatic rings. The Kier molecular flexibility index (Phi) is 4.70.